The molecule has 18 heavy (non-hydrogen) atoms. The summed E-state index contributed by atoms with van der Waals surface area (Å²) in [7, 11) is 0. The average Bonchev–Trinajstić information content (AvgIpc) is 2.42. The van der Waals surface area contributed by atoms with Crippen LogP contribution in [0.25, 0.3) is 0 Å². The number of carbonyl (C=O) groups is 1. The van der Waals surface area contributed by atoms with Crippen molar-refractivity contribution in [3.8, 4) is 0 Å². The molecule has 1 rings (SSSR count). The number of amides is 1. The quantitative estimate of drug-likeness (QED) is 0.685. The van der Waals surface area contributed by atoms with Crippen molar-refractivity contribution in [2.75, 3.05) is 52.4 Å². The van der Waals surface area contributed by atoms with Gasteiger partial charge in [-0.3, -0.25) is 4.79 Å². The van der Waals surface area contributed by atoms with E-state index in [9.17, 15) is 4.79 Å². The normalized spacial score (nSPS) is 17.9. The Balaban J connectivity index is 2.22. The Labute approximate surface area is 112 Å². The summed E-state index contributed by atoms with van der Waals surface area (Å²) in [5, 5.41) is 0. The third-order valence-corrected chi connectivity index (χ3v) is 3.78. The molecule has 0 saturated carbocycles. The maximum atomic E-state index is 12.0. The molecule has 1 aliphatic heterocycles. The van der Waals surface area contributed by atoms with Gasteiger partial charge in [0.05, 0.1) is 0 Å². The molecule has 0 unspecified atom stereocenters. The lowest BCUT2D eigenvalue weighted by Crippen LogP contribution is -2.47. The highest BCUT2D eigenvalue weighted by Crippen LogP contribution is 2.04. The Morgan fingerprint density at radius 2 is 1.67 bits per heavy atom. The Hall–Kier alpha value is -0.610. The highest BCUT2D eigenvalue weighted by molar-refractivity contribution is 5.76. The Kier molecular flexibility index (Phi) is 7.28. The summed E-state index contributed by atoms with van der Waals surface area (Å²) in [6.45, 7) is 14.7. The summed E-state index contributed by atoms with van der Waals surface area (Å²) >= 11 is 0. The predicted octanol–water partition coefficient (Wildman–Crippen LogP) is 1.27. The summed E-state index contributed by atoms with van der Waals surface area (Å²) in [6.07, 6.45) is 1.73. The molecule has 0 spiro atoms. The summed E-state index contributed by atoms with van der Waals surface area (Å²) in [5.74, 6) is 0.317. The first-order valence-electron chi connectivity index (χ1n) is 7.43. The molecular weight excluding hydrogens is 226 g/mol. The minimum Gasteiger partial charge on any atom is -0.343 e. The van der Waals surface area contributed by atoms with E-state index in [0.29, 0.717) is 12.3 Å². The molecule has 1 fully saturated rings. The van der Waals surface area contributed by atoms with E-state index in [1.807, 2.05) is 4.90 Å². The lowest BCUT2D eigenvalue weighted by atomic mass is 10.2. The summed E-state index contributed by atoms with van der Waals surface area (Å²) in [6, 6.07) is 0. The molecule has 1 saturated heterocycles. The standard InChI is InChI=1S/C14H29N3O/c1-4-8-17(6-3)14(18)7-9-16-12-10-15(5-2)11-13-16/h4-13H2,1-3H3. The predicted molar refractivity (Wildman–Crippen MR) is 75.7 cm³/mol. The van der Waals surface area contributed by atoms with Crippen molar-refractivity contribution < 1.29 is 4.79 Å². The zero-order valence-electron chi connectivity index (χ0n) is 12.3. The second kappa shape index (κ2) is 8.48. The monoisotopic (exact) mass is 255 g/mol. The molecule has 1 heterocycles. The van der Waals surface area contributed by atoms with E-state index in [-0.39, 0.29) is 0 Å². The van der Waals surface area contributed by atoms with Gasteiger partial charge in [0.2, 0.25) is 5.91 Å². The molecular formula is C14H29N3O. The van der Waals surface area contributed by atoms with Gasteiger partial charge in [-0.1, -0.05) is 13.8 Å². The van der Waals surface area contributed by atoms with Crippen molar-refractivity contribution in [1.82, 2.24) is 14.7 Å². The smallest absolute Gasteiger partial charge is 0.223 e. The highest BCUT2D eigenvalue weighted by Gasteiger charge is 2.17. The van der Waals surface area contributed by atoms with Gasteiger partial charge in [0, 0.05) is 52.2 Å². The zero-order chi connectivity index (χ0) is 13.4. The minimum absolute atomic E-state index is 0.317. The van der Waals surface area contributed by atoms with Crippen molar-refractivity contribution in [3.05, 3.63) is 0 Å². The average molecular weight is 255 g/mol. The van der Waals surface area contributed by atoms with Crippen LogP contribution in [0.2, 0.25) is 0 Å². The summed E-state index contributed by atoms with van der Waals surface area (Å²) in [5.41, 5.74) is 0. The topological polar surface area (TPSA) is 26.8 Å². The molecule has 0 aromatic heterocycles. The number of hydrogen-bond donors (Lipinski definition) is 0. The number of nitrogens with zero attached hydrogens (tertiary/aromatic N) is 3. The summed E-state index contributed by atoms with van der Waals surface area (Å²) < 4.78 is 0. The van der Waals surface area contributed by atoms with Crippen LogP contribution in [0.3, 0.4) is 0 Å². The fourth-order valence-electron chi connectivity index (χ4n) is 2.47. The second-order valence-corrected chi connectivity index (χ2v) is 5.00. The van der Waals surface area contributed by atoms with Gasteiger partial charge in [-0.25, -0.2) is 0 Å². The SMILES string of the molecule is CCCN(CC)C(=O)CCN1CCN(CC)CC1. The Bertz CT molecular complexity index is 237. The van der Waals surface area contributed by atoms with Crippen molar-refractivity contribution in [2.45, 2.75) is 33.6 Å². The van der Waals surface area contributed by atoms with Crippen LogP contribution in [0.5, 0.6) is 0 Å². The molecule has 1 aliphatic rings. The Morgan fingerprint density at radius 3 is 2.17 bits per heavy atom. The van der Waals surface area contributed by atoms with E-state index in [0.717, 1.165) is 58.8 Å². The van der Waals surface area contributed by atoms with E-state index >= 15 is 0 Å². The largest absolute Gasteiger partial charge is 0.343 e. The van der Waals surface area contributed by atoms with Crippen molar-refractivity contribution in [1.29, 1.82) is 0 Å². The zero-order valence-corrected chi connectivity index (χ0v) is 12.3. The van der Waals surface area contributed by atoms with Crippen LogP contribution in [0.1, 0.15) is 33.6 Å². The van der Waals surface area contributed by atoms with Crippen molar-refractivity contribution >= 4 is 5.91 Å². The number of rotatable bonds is 7. The van der Waals surface area contributed by atoms with Gasteiger partial charge in [-0.05, 0) is 19.9 Å². The van der Waals surface area contributed by atoms with Gasteiger partial charge in [0.1, 0.15) is 0 Å². The van der Waals surface area contributed by atoms with Gasteiger partial charge in [-0.2, -0.15) is 0 Å². The van der Waals surface area contributed by atoms with E-state index < -0.39 is 0 Å². The fourth-order valence-corrected chi connectivity index (χ4v) is 2.47. The van der Waals surface area contributed by atoms with Crippen LogP contribution in [-0.2, 0) is 4.79 Å². The van der Waals surface area contributed by atoms with Crippen LogP contribution in [-0.4, -0.2) is 73.0 Å². The van der Waals surface area contributed by atoms with Crippen molar-refractivity contribution in [3.63, 3.8) is 0 Å². The van der Waals surface area contributed by atoms with Gasteiger partial charge < -0.3 is 14.7 Å². The van der Waals surface area contributed by atoms with Crippen LogP contribution in [0, 0.1) is 0 Å². The van der Waals surface area contributed by atoms with E-state index in [1.54, 1.807) is 0 Å². The molecule has 0 aromatic rings. The summed E-state index contributed by atoms with van der Waals surface area (Å²) in [4.78, 5) is 18.9. The van der Waals surface area contributed by atoms with Gasteiger partial charge in [-0.15, -0.1) is 0 Å². The number of hydrogen-bond acceptors (Lipinski definition) is 3. The third-order valence-electron chi connectivity index (χ3n) is 3.78. The van der Waals surface area contributed by atoms with Crippen LogP contribution in [0.4, 0.5) is 0 Å². The van der Waals surface area contributed by atoms with Crippen LogP contribution < -0.4 is 0 Å². The van der Waals surface area contributed by atoms with Gasteiger partial charge >= 0.3 is 0 Å². The number of likely N-dealkylation sites (N-methyl/N-ethyl adjacent to an activating group) is 1. The third kappa shape index (κ3) is 4.94. The van der Waals surface area contributed by atoms with Crippen LogP contribution in [0.15, 0.2) is 0 Å². The molecule has 4 heteroatoms. The Morgan fingerprint density at radius 1 is 1.06 bits per heavy atom. The molecule has 0 aromatic carbocycles. The second-order valence-electron chi connectivity index (χ2n) is 5.00. The maximum Gasteiger partial charge on any atom is 0.223 e. The molecule has 0 aliphatic carbocycles. The first-order chi connectivity index (χ1) is 8.71. The molecule has 0 radical (unpaired) electrons. The molecule has 106 valence electrons. The van der Waals surface area contributed by atoms with Gasteiger partial charge in [0.25, 0.3) is 0 Å². The minimum atomic E-state index is 0.317. The molecule has 0 N–H and O–H groups in total. The molecule has 0 atom stereocenters. The molecule has 0 bridgehead atoms. The van der Waals surface area contributed by atoms with E-state index in [4.69, 9.17) is 0 Å². The lowest BCUT2D eigenvalue weighted by molar-refractivity contribution is -0.131. The lowest BCUT2D eigenvalue weighted by Gasteiger charge is -2.34. The van der Waals surface area contributed by atoms with E-state index in [2.05, 4.69) is 30.6 Å². The highest BCUT2D eigenvalue weighted by atomic mass is 16.2. The molecule has 1 amide bonds. The van der Waals surface area contributed by atoms with Crippen molar-refractivity contribution in [2.24, 2.45) is 0 Å². The van der Waals surface area contributed by atoms with E-state index in [1.165, 1.54) is 0 Å². The first-order valence-corrected chi connectivity index (χ1v) is 7.43. The van der Waals surface area contributed by atoms with Gasteiger partial charge in [0.15, 0.2) is 0 Å². The maximum absolute atomic E-state index is 12.0. The fraction of sp³-hybridized carbons (Fsp3) is 0.929. The number of piperazine rings is 1. The number of carbonyl (C=O) groups excluding carboxylic acids is 1. The molecule has 4 nitrogen and oxygen atoms in total. The first kappa shape index (κ1) is 15.4. The van der Waals surface area contributed by atoms with Crippen LogP contribution >= 0.6 is 0 Å².